The second-order valence-electron chi connectivity index (χ2n) is 3.33. The summed E-state index contributed by atoms with van der Waals surface area (Å²) in [7, 11) is 0. The monoisotopic (exact) mass is 285 g/mol. The number of hydrogen-bond acceptors (Lipinski definition) is 2. The molecular weight excluding hydrogens is 277 g/mol. The number of nitrogens with zero attached hydrogens (tertiary/aromatic N) is 1. The molecule has 0 N–H and O–H groups in total. The first-order chi connectivity index (χ1) is 7.06. The van der Waals surface area contributed by atoms with Crippen LogP contribution in [0.5, 0.6) is 0 Å². The zero-order valence-corrected chi connectivity index (χ0v) is 10.7. The van der Waals surface area contributed by atoms with Crippen molar-refractivity contribution < 1.29 is 4.39 Å². The highest BCUT2D eigenvalue weighted by Crippen LogP contribution is 2.34. The number of aryl methyl sites for hydroxylation is 2. The molecule has 0 aliphatic heterocycles. The zero-order chi connectivity index (χ0) is 11.0. The molecule has 0 saturated carbocycles. The van der Waals surface area contributed by atoms with Crippen LogP contribution in [0.25, 0.3) is 10.4 Å². The second kappa shape index (κ2) is 4.02. The van der Waals surface area contributed by atoms with Gasteiger partial charge < -0.3 is 0 Å². The minimum atomic E-state index is -0.424. The molecular formula is C11H9BrFNS. The van der Waals surface area contributed by atoms with Gasteiger partial charge in [-0.25, -0.2) is 4.98 Å². The lowest BCUT2D eigenvalue weighted by Gasteiger charge is -1.99. The number of rotatable bonds is 1. The number of thiophene rings is 1. The summed E-state index contributed by atoms with van der Waals surface area (Å²) in [6.07, 6.45) is 0. The molecule has 2 aromatic rings. The molecule has 0 unspecified atom stereocenters. The minimum absolute atomic E-state index is 0.424. The van der Waals surface area contributed by atoms with Crippen LogP contribution < -0.4 is 0 Å². The smallest absolute Gasteiger partial charge is 0.213 e. The topological polar surface area (TPSA) is 12.9 Å². The Bertz CT molecular complexity index is 468. The molecule has 2 aromatic heterocycles. The second-order valence-corrected chi connectivity index (χ2v) is 5.45. The summed E-state index contributed by atoms with van der Waals surface area (Å²) in [5, 5.41) is 0. The summed E-state index contributed by atoms with van der Waals surface area (Å²) in [5.74, 6) is -0.424. The quantitative estimate of drug-likeness (QED) is 0.711. The Kier molecular flexibility index (Phi) is 2.89. The van der Waals surface area contributed by atoms with E-state index in [4.69, 9.17) is 0 Å². The fraction of sp³-hybridized carbons (Fsp3) is 0.182. The van der Waals surface area contributed by atoms with E-state index in [0.29, 0.717) is 5.69 Å². The van der Waals surface area contributed by atoms with Crippen LogP contribution in [0.15, 0.2) is 22.7 Å². The number of hydrogen-bond donors (Lipinski definition) is 0. The van der Waals surface area contributed by atoms with Gasteiger partial charge in [0.05, 0.1) is 0 Å². The van der Waals surface area contributed by atoms with Gasteiger partial charge in [-0.15, -0.1) is 11.3 Å². The van der Waals surface area contributed by atoms with E-state index in [2.05, 4.69) is 20.9 Å². The lowest BCUT2D eigenvalue weighted by molar-refractivity contribution is 0.581. The maximum Gasteiger partial charge on any atom is 0.213 e. The first-order valence-corrected chi connectivity index (χ1v) is 6.07. The third-order valence-corrected chi connectivity index (χ3v) is 4.25. The van der Waals surface area contributed by atoms with Gasteiger partial charge >= 0.3 is 0 Å². The van der Waals surface area contributed by atoms with E-state index in [1.165, 1.54) is 10.9 Å². The van der Waals surface area contributed by atoms with Crippen LogP contribution in [-0.4, -0.2) is 4.98 Å². The van der Waals surface area contributed by atoms with Crippen molar-refractivity contribution >= 4 is 27.3 Å². The molecule has 0 aromatic carbocycles. The molecule has 0 spiro atoms. The highest BCUT2D eigenvalue weighted by atomic mass is 79.9. The average Bonchev–Trinajstić information content (AvgIpc) is 2.45. The predicted molar refractivity (Wildman–Crippen MR) is 64.7 cm³/mol. The van der Waals surface area contributed by atoms with Gasteiger partial charge in [0.1, 0.15) is 0 Å². The lowest BCUT2D eigenvalue weighted by Crippen LogP contribution is -1.87. The average molecular weight is 286 g/mol. The van der Waals surface area contributed by atoms with Crippen molar-refractivity contribution in [1.29, 1.82) is 0 Å². The van der Waals surface area contributed by atoms with Gasteiger partial charge in [0.2, 0.25) is 5.95 Å². The number of aromatic nitrogens is 1. The van der Waals surface area contributed by atoms with E-state index in [1.807, 2.05) is 19.1 Å². The Balaban J connectivity index is 2.53. The first-order valence-electron chi connectivity index (χ1n) is 4.47. The van der Waals surface area contributed by atoms with Crippen LogP contribution in [-0.2, 0) is 0 Å². The normalized spacial score (nSPS) is 10.7. The molecule has 78 valence electrons. The number of halogens is 2. The molecule has 15 heavy (non-hydrogen) atoms. The van der Waals surface area contributed by atoms with Gasteiger partial charge in [-0.05, 0) is 47.5 Å². The Morgan fingerprint density at radius 3 is 2.53 bits per heavy atom. The molecule has 0 bridgehead atoms. The van der Waals surface area contributed by atoms with Gasteiger partial charge in [-0.1, -0.05) is 0 Å². The molecule has 2 heterocycles. The maximum absolute atomic E-state index is 13.1. The molecule has 0 radical (unpaired) electrons. The fourth-order valence-electron chi connectivity index (χ4n) is 1.37. The maximum atomic E-state index is 13.1. The van der Waals surface area contributed by atoms with Gasteiger partial charge in [-0.3, -0.25) is 0 Å². The summed E-state index contributed by atoms with van der Waals surface area (Å²) >= 11 is 5.09. The zero-order valence-electron chi connectivity index (χ0n) is 8.34. The molecule has 0 aliphatic rings. The van der Waals surface area contributed by atoms with Crippen LogP contribution >= 0.6 is 27.3 Å². The van der Waals surface area contributed by atoms with E-state index in [9.17, 15) is 4.39 Å². The molecule has 0 saturated heterocycles. The molecule has 2 rings (SSSR count). The van der Waals surface area contributed by atoms with Crippen LogP contribution in [0.1, 0.15) is 10.6 Å². The molecule has 0 aliphatic carbocycles. The Labute approximate surface area is 100 Å². The van der Waals surface area contributed by atoms with Gasteiger partial charge in [0, 0.05) is 26.0 Å². The first kappa shape index (κ1) is 10.8. The molecule has 0 fully saturated rings. The van der Waals surface area contributed by atoms with Crippen molar-refractivity contribution in [1.82, 2.24) is 4.98 Å². The van der Waals surface area contributed by atoms with Crippen LogP contribution in [0.4, 0.5) is 4.39 Å². The summed E-state index contributed by atoms with van der Waals surface area (Å²) in [4.78, 5) is 5.97. The van der Waals surface area contributed by atoms with E-state index in [1.54, 1.807) is 18.3 Å². The Morgan fingerprint density at radius 2 is 2.00 bits per heavy atom. The van der Waals surface area contributed by atoms with Gasteiger partial charge in [0.25, 0.3) is 0 Å². The van der Waals surface area contributed by atoms with E-state index >= 15 is 0 Å². The highest BCUT2D eigenvalue weighted by molar-refractivity contribution is 9.10. The summed E-state index contributed by atoms with van der Waals surface area (Å²) in [6.45, 7) is 3.82. The Morgan fingerprint density at radius 1 is 1.27 bits per heavy atom. The Hall–Kier alpha value is -0.740. The lowest BCUT2D eigenvalue weighted by atomic mass is 10.2. The van der Waals surface area contributed by atoms with Gasteiger partial charge in [0.15, 0.2) is 0 Å². The van der Waals surface area contributed by atoms with Crippen molar-refractivity contribution in [2.24, 2.45) is 0 Å². The predicted octanol–water partition coefficient (Wildman–Crippen LogP) is 4.33. The summed E-state index contributed by atoms with van der Waals surface area (Å²) < 4.78 is 14.2. The SMILES string of the molecule is Cc1cc(-c2cc(Br)c(C)s2)cc(F)n1. The van der Waals surface area contributed by atoms with Crippen molar-refractivity contribution in [2.45, 2.75) is 13.8 Å². The van der Waals surface area contributed by atoms with Crippen molar-refractivity contribution in [2.75, 3.05) is 0 Å². The molecule has 4 heteroatoms. The van der Waals surface area contributed by atoms with Crippen molar-refractivity contribution in [3.8, 4) is 10.4 Å². The van der Waals surface area contributed by atoms with E-state index in [0.717, 1.165) is 14.9 Å². The highest BCUT2D eigenvalue weighted by Gasteiger charge is 2.07. The fourth-order valence-corrected chi connectivity index (χ4v) is 2.89. The van der Waals surface area contributed by atoms with Crippen molar-refractivity contribution in [3.63, 3.8) is 0 Å². The largest absolute Gasteiger partial charge is 0.225 e. The van der Waals surface area contributed by atoms with Crippen LogP contribution in [0, 0.1) is 19.8 Å². The summed E-state index contributed by atoms with van der Waals surface area (Å²) in [5.41, 5.74) is 1.59. The third-order valence-electron chi connectivity index (χ3n) is 2.06. The van der Waals surface area contributed by atoms with Gasteiger partial charge in [-0.2, -0.15) is 4.39 Å². The van der Waals surface area contributed by atoms with Crippen LogP contribution in [0.3, 0.4) is 0 Å². The number of pyridine rings is 1. The van der Waals surface area contributed by atoms with E-state index in [-0.39, 0.29) is 0 Å². The van der Waals surface area contributed by atoms with Crippen LogP contribution in [0.2, 0.25) is 0 Å². The van der Waals surface area contributed by atoms with Crippen molar-refractivity contribution in [3.05, 3.63) is 39.2 Å². The summed E-state index contributed by atoms with van der Waals surface area (Å²) in [6, 6.07) is 5.36. The van der Waals surface area contributed by atoms with E-state index < -0.39 is 5.95 Å². The molecule has 0 atom stereocenters. The third kappa shape index (κ3) is 2.26. The minimum Gasteiger partial charge on any atom is -0.225 e. The molecule has 1 nitrogen and oxygen atoms in total. The standard InChI is InChI=1S/C11H9BrFNS/c1-6-3-8(4-11(13)14-6)10-5-9(12)7(2)15-10/h3-5H,1-2H3. The molecule has 0 amide bonds.